The minimum atomic E-state index is -1.44. The number of hydrogen-bond donors (Lipinski definition) is 0. The van der Waals surface area contributed by atoms with Gasteiger partial charge in [-0.25, -0.2) is 13.2 Å². The van der Waals surface area contributed by atoms with Gasteiger partial charge in [-0.1, -0.05) is 57.2 Å². The quantitative estimate of drug-likeness (QED) is 0.295. The predicted molar refractivity (Wildman–Crippen MR) is 94.9 cm³/mol. The van der Waals surface area contributed by atoms with Gasteiger partial charge in [0.15, 0.2) is 17.5 Å². The van der Waals surface area contributed by atoms with Crippen LogP contribution >= 0.6 is 0 Å². The largest absolute Gasteiger partial charge is 0.493 e. The zero-order valence-electron chi connectivity index (χ0n) is 14.6. The third-order valence-electron chi connectivity index (χ3n) is 5.13. The number of rotatable bonds is 9. The average molecular weight is 359 g/mol. The lowest BCUT2D eigenvalue weighted by Gasteiger charge is -2.27. The maximum Gasteiger partial charge on any atom is 0.194 e. The van der Waals surface area contributed by atoms with Gasteiger partial charge in [0.1, 0.15) is 5.75 Å². The molecule has 136 valence electrons. The fraction of sp³-hybridized carbons (Fsp3) is 0.684. The Hall–Kier alpha value is -0.973. The summed E-state index contributed by atoms with van der Waals surface area (Å²) >= 11 is 0. The number of ether oxygens (including phenoxy) is 1. The van der Waals surface area contributed by atoms with E-state index in [1.54, 1.807) is 0 Å². The van der Waals surface area contributed by atoms with Crippen molar-refractivity contribution in [2.45, 2.75) is 70.0 Å². The Labute approximate surface area is 145 Å². The van der Waals surface area contributed by atoms with Gasteiger partial charge in [0, 0.05) is 20.9 Å². The van der Waals surface area contributed by atoms with E-state index in [0.29, 0.717) is 12.5 Å². The van der Waals surface area contributed by atoms with Crippen LogP contribution in [0.15, 0.2) is 12.1 Å². The number of halogens is 3. The molecular formula is C19H29F3OSi. The van der Waals surface area contributed by atoms with Crippen molar-refractivity contribution in [1.82, 2.24) is 0 Å². The maximum absolute atomic E-state index is 13.2. The highest BCUT2D eigenvalue weighted by Gasteiger charge is 2.22. The van der Waals surface area contributed by atoms with E-state index in [1.165, 1.54) is 50.2 Å². The van der Waals surface area contributed by atoms with Crippen LogP contribution in [-0.4, -0.2) is 15.4 Å². The van der Waals surface area contributed by atoms with E-state index >= 15 is 0 Å². The van der Waals surface area contributed by atoms with Crippen molar-refractivity contribution in [2.75, 3.05) is 6.61 Å². The molecule has 0 amide bonds. The molecule has 1 fully saturated rings. The highest BCUT2D eigenvalue weighted by molar-refractivity contribution is 6.58. The van der Waals surface area contributed by atoms with Crippen LogP contribution in [0.5, 0.6) is 5.75 Å². The van der Waals surface area contributed by atoms with Crippen LogP contribution in [-0.2, 0) is 0 Å². The number of hydrogen-bond acceptors (Lipinski definition) is 1. The lowest BCUT2D eigenvalue weighted by Crippen LogP contribution is -2.24. The van der Waals surface area contributed by atoms with Gasteiger partial charge in [-0.15, -0.1) is 0 Å². The van der Waals surface area contributed by atoms with Gasteiger partial charge in [0.25, 0.3) is 0 Å². The van der Waals surface area contributed by atoms with Crippen LogP contribution in [0.1, 0.15) is 51.9 Å². The standard InChI is InChI=1S/C19H29F3OSi/c1-2-3-4-5-6-9-24-10-7-15(8-11-24)14-23-16-12-17(20)19(22)18(21)13-16/h12-13,15,24H,2-11,14H2,1H3/t15-,24-. The van der Waals surface area contributed by atoms with Crippen molar-refractivity contribution in [3.05, 3.63) is 29.6 Å². The zero-order chi connectivity index (χ0) is 17.4. The summed E-state index contributed by atoms with van der Waals surface area (Å²) in [6.07, 6.45) is 9.13. The highest BCUT2D eigenvalue weighted by atomic mass is 28.3. The normalized spacial score (nSPS) is 21.0. The molecule has 0 saturated carbocycles. The SMILES string of the molecule is CCCCCCC[Si@H]1CC[C@H](COc2cc(F)c(F)c(F)c2)CC1. The molecule has 0 aromatic heterocycles. The summed E-state index contributed by atoms with van der Waals surface area (Å²) < 4.78 is 44.7. The molecule has 1 aliphatic rings. The first kappa shape index (κ1) is 19.4. The molecule has 0 bridgehead atoms. The van der Waals surface area contributed by atoms with E-state index in [4.69, 9.17) is 4.74 Å². The summed E-state index contributed by atoms with van der Waals surface area (Å²) in [5, 5.41) is 0. The molecule has 5 heteroatoms. The Kier molecular flexibility index (Phi) is 8.16. The third-order valence-corrected chi connectivity index (χ3v) is 8.65. The Morgan fingerprint density at radius 2 is 1.62 bits per heavy atom. The van der Waals surface area contributed by atoms with Gasteiger partial charge in [-0.2, -0.15) is 0 Å². The Balaban J connectivity index is 1.64. The van der Waals surface area contributed by atoms with E-state index in [1.807, 2.05) is 0 Å². The average Bonchev–Trinajstić information content (AvgIpc) is 2.58. The van der Waals surface area contributed by atoms with Gasteiger partial charge in [0.2, 0.25) is 0 Å². The van der Waals surface area contributed by atoms with E-state index in [2.05, 4.69) is 6.92 Å². The smallest absolute Gasteiger partial charge is 0.194 e. The van der Waals surface area contributed by atoms with Gasteiger partial charge in [-0.3, -0.25) is 0 Å². The van der Waals surface area contributed by atoms with Gasteiger partial charge in [-0.05, 0) is 18.8 Å². The molecule has 0 radical (unpaired) electrons. The third kappa shape index (κ3) is 6.15. The highest BCUT2D eigenvalue weighted by Crippen LogP contribution is 2.29. The summed E-state index contributed by atoms with van der Waals surface area (Å²) in [6.45, 7) is 2.72. The van der Waals surface area contributed by atoms with Crippen molar-refractivity contribution in [3.8, 4) is 5.75 Å². The molecule has 0 atom stereocenters. The van der Waals surface area contributed by atoms with Gasteiger partial charge < -0.3 is 4.74 Å². The van der Waals surface area contributed by atoms with E-state index in [9.17, 15) is 13.2 Å². The molecule has 24 heavy (non-hydrogen) atoms. The second kappa shape index (κ2) is 10.1. The van der Waals surface area contributed by atoms with Crippen LogP contribution in [0.2, 0.25) is 18.1 Å². The van der Waals surface area contributed by atoms with Crippen LogP contribution < -0.4 is 4.74 Å². The van der Waals surface area contributed by atoms with Crippen LogP contribution in [0, 0.1) is 23.4 Å². The first-order valence-electron chi connectivity index (χ1n) is 9.37. The summed E-state index contributed by atoms with van der Waals surface area (Å²) in [5.41, 5.74) is 0. The topological polar surface area (TPSA) is 9.23 Å². The fourth-order valence-electron chi connectivity index (χ4n) is 3.55. The molecule has 0 unspecified atom stereocenters. The summed E-state index contributed by atoms with van der Waals surface area (Å²) in [5.74, 6) is -3.27. The lowest BCUT2D eigenvalue weighted by atomic mass is 10.0. The second-order valence-corrected chi connectivity index (χ2v) is 10.6. The van der Waals surface area contributed by atoms with E-state index in [-0.39, 0.29) is 5.75 Å². The monoisotopic (exact) mass is 358 g/mol. The maximum atomic E-state index is 13.2. The van der Waals surface area contributed by atoms with Crippen LogP contribution in [0.4, 0.5) is 13.2 Å². The molecule has 1 heterocycles. The van der Waals surface area contributed by atoms with E-state index < -0.39 is 26.2 Å². The molecule has 0 spiro atoms. The van der Waals surface area contributed by atoms with Crippen LogP contribution in [0.25, 0.3) is 0 Å². The molecule has 1 saturated heterocycles. The predicted octanol–water partition coefficient (Wildman–Crippen LogP) is 6.09. The molecule has 2 rings (SSSR count). The lowest BCUT2D eigenvalue weighted by molar-refractivity contribution is 0.233. The first-order valence-corrected chi connectivity index (χ1v) is 11.8. The molecule has 1 aliphatic heterocycles. The summed E-state index contributed by atoms with van der Waals surface area (Å²) in [6, 6.07) is 6.03. The Morgan fingerprint density at radius 1 is 1.00 bits per heavy atom. The Bertz CT molecular complexity index is 478. The minimum Gasteiger partial charge on any atom is -0.493 e. The summed E-state index contributed by atoms with van der Waals surface area (Å²) in [7, 11) is -0.563. The summed E-state index contributed by atoms with van der Waals surface area (Å²) in [4.78, 5) is 0. The van der Waals surface area contributed by atoms with Gasteiger partial charge >= 0.3 is 0 Å². The Morgan fingerprint density at radius 3 is 2.25 bits per heavy atom. The molecular weight excluding hydrogens is 329 g/mol. The van der Waals surface area contributed by atoms with Crippen molar-refractivity contribution in [1.29, 1.82) is 0 Å². The first-order chi connectivity index (χ1) is 11.6. The second-order valence-electron chi connectivity index (χ2n) is 7.10. The molecule has 1 aromatic carbocycles. The zero-order valence-corrected chi connectivity index (χ0v) is 15.8. The molecule has 0 N–H and O–H groups in total. The minimum absolute atomic E-state index is 0.0849. The van der Waals surface area contributed by atoms with Crippen molar-refractivity contribution in [2.24, 2.45) is 5.92 Å². The number of unbranched alkanes of at least 4 members (excludes halogenated alkanes) is 4. The van der Waals surface area contributed by atoms with Crippen LogP contribution in [0.3, 0.4) is 0 Å². The molecule has 1 nitrogen and oxygen atoms in total. The van der Waals surface area contributed by atoms with Crippen molar-refractivity contribution >= 4 is 8.80 Å². The van der Waals surface area contributed by atoms with Gasteiger partial charge in [0.05, 0.1) is 6.61 Å². The van der Waals surface area contributed by atoms with Crippen molar-refractivity contribution in [3.63, 3.8) is 0 Å². The molecule has 1 aromatic rings. The molecule has 0 aliphatic carbocycles. The van der Waals surface area contributed by atoms with Crippen molar-refractivity contribution < 1.29 is 17.9 Å². The fourth-order valence-corrected chi connectivity index (χ4v) is 7.17. The number of benzene rings is 1. The van der Waals surface area contributed by atoms with E-state index in [0.717, 1.165) is 25.0 Å².